The van der Waals surface area contributed by atoms with E-state index in [4.69, 9.17) is 4.74 Å². The zero-order chi connectivity index (χ0) is 22.5. The second-order valence-corrected chi connectivity index (χ2v) is 8.73. The first-order valence-corrected chi connectivity index (χ1v) is 11.4. The number of allylic oxidation sites excluding steroid dienone is 4. The first kappa shape index (κ1) is 23.1. The summed E-state index contributed by atoms with van der Waals surface area (Å²) in [5.74, 6) is -0.0229. The number of hydrogen-bond acceptors (Lipinski definition) is 4. The fraction of sp³-hybridized carbons (Fsp3) is 0.500. The summed E-state index contributed by atoms with van der Waals surface area (Å²) in [4.78, 5) is 15.5. The third-order valence-electron chi connectivity index (χ3n) is 6.29. The molecule has 2 aliphatic rings. The second-order valence-electron chi connectivity index (χ2n) is 8.73. The largest absolute Gasteiger partial charge is 0.381 e. The van der Waals surface area contributed by atoms with E-state index in [1.54, 1.807) is 0 Å². The number of carbonyl (C=O) groups is 1. The molecular weight excluding hydrogens is 386 g/mol. The van der Waals surface area contributed by atoms with Gasteiger partial charge in [0.05, 0.1) is 0 Å². The van der Waals surface area contributed by atoms with Crippen LogP contribution in [0.25, 0.3) is 0 Å². The minimum atomic E-state index is -0.0229. The molecule has 3 rings (SSSR count). The lowest BCUT2D eigenvalue weighted by Crippen LogP contribution is -2.37. The first-order chi connectivity index (χ1) is 14.8. The number of benzene rings is 1. The van der Waals surface area contributed by atoms with Gasteiger partial charge in [-0.1, -0.05) is 13.0 Å². The van der Waals surface area contributed by atoms with Crippen LogP contribution in [-0.2, 0) is 4.74 Å². The molecule has 1 saturated heterocycles. The van der Waals surface area contributed by atoms with Crippen molar-refractivity contribution in [1.29, 1.82) is 0 Å². The fourth-order valence-electron chi connectivity index (χ4n) is 4.54. The van der Waals surface area contributed by atoms with Gasteiger partial charge in [0.25, 0.3) is 5.91 Å². The highest BCUT2D eigenvalue weighted by molar-refractivity contribution is 5.97. The Morgan fingerprint density at radius 1 is 1.23 bits per heavy atom. The molecule has 2 N–H and O–H groups in total. The van der Waals surface area contributed by atoms with E-state index in [1.165, 1.54) is 5.57 Å². The lowest BCUT2D eigenvalue weighted by Gasteiger charge is -2.34. The molecule has 168 valence electrons. The molecule has 0 atom stereocenters. The lowest BCUT2D eigenvalue weighted by molar-refractivity contribution is 0.0854. The van der Waals surface area contributed by atoms with Gasteiger partial charge in [-0.25, -0.2) is 0 Å². The molecule has 0 unspecified atom stereocenters. The molecule has 2 heterocycles. The van der Waals surface area contributed by atoms with Crippen LogP contribution < -0.4 is 15.5 Å². The van der Waals surface area contributed by atoms with Crippen molar-refractivity contribution in [2.75, 3.05) is 31.7 Å². The van der Waals surface area contributed by atoms with Crippen molar-refractivity contribution < 1.29 is 9.53 Å². The highest BCUT2D eigenvalue weighted by Crippen LogP contribution is 2.29. The second kappa shape index (κ2) is 10.2. The Bertz CT molecular complexity index is 921. The van der Waals surface area contributed by atoms with Crippen LogP contribution >= 0.6 is 0 Å². The van der Waals surface area contributed by atoms with E-state index < -0.39 is 0 Å². The maximum absolute atomic E-state index is 13.2. The van der Waals surface area contributed by atoms with Gasteiger partial charge in [-0.15, -0.1) is 0 Å². The predicted molar refractivity (Wildman–Crippen MR) is 128 cm³/mol. The third kappa shape index (κ3) is 5.40. The van der Waals surface area contributed by atoms with Gasteiger partial charge >= 0.3 is 0 Å². The zero-order valence-corrected chi connectivity index (χ0v) is 19.9. The number of aryl methyl sites for hydroxylation is 1. The predicted octanol–water partition coefficient (Wildman–Crippen LogP) is 4.77. The van der Waals surface area contributed by atoms with Crippen molar-refractivity contribution in [3.05, 3.63) is 63.5 Å². The third-order valence-corrected chi connectivity index (χ3v) is 6.29. The first-order valence-electron chi connectivity index (χ1n) is 11.4. The maximum Gasteiger partial charge on any atom is 0.251 e. The molecule has 2 aliphatic heterocycles. The number of hydrogen-bond donors (Lipinski definition) is 2. The van der Waals surface area contributed by atoms with Crippen LogP contribution in [0.15, 0.2) is 46.8 Å². The van der Waals surface area contributed by atoms with Crippen molar-refractivity contribution in [3.8, 4) is 0 Å². The van der Waals surface area contributed by atoms with E-state index >= 15 is 0 Å². The highest BCUT2D eigenvalue weighted by atomic mass is 16.5. The minimum Gasteiger partial charge on any atom is -0.381 e. The molecule has 31 heavy (non-hydrogen) atoms. The molecule has 0 spiro atoms. The van der Waals surface area contributed by atoms with Crippen LogP contribution in [0.4, 0.5) is 5.69 Å². The molecule has 5 nitrogen and oxygen atoms in total. The van der Waals surface area contributed by atoms with Crippen molar-refractivity contribution in [3.63, 3.8) is 0 Å². The summed E-state index contributed by atoms with van der Waals surface area (Å²) in [6.07, 6.45) is 7.30. The standard InChI is InChI=1S/C26H37N3O2/c1-7-8-24-23(18(3)15-19(4)28-24)16-27-26(30)22-13-17(2)14-25(20(22)5)29(6)21-9-11-31-12-10-21/h8,13-15,21,28H,7,9-12,16H2,1-6H3,(H,27,30)/b24-8-. The van der Waals surface area contributed by atoms with Gasteiger partial charge in [-0.2, -0.15) is 0 Å². The van der Waals surface area contributed by atoms with E-state index in [0.29, 0.717) is 12.6 Å². The Hall–Kier alpha value is -2.53. The molecule has 0 aliphatic carbocycles. The number of amides is 1. The summed E-state index contributed by atoms with van der Waals surface area (Å²) < 4.78 is 5.52. The van der Waals surface area contributed by atoms with Crippen LogP contribution in [0, 0.1) is 13.8 Å². The molecule has 0 saturated carbocycles. The van der Waals surface area contributed by atoms with Gasteiger partial charge in [0.1, 0.15) is 0 Å². The molecule has 0 bridgehead atoms. The number of dihydropyridines is 1. The van der Waals surface area contributed by atoms with E-state index in [-0.39, 0.29) is 5.91 Å². The molecule has 5 heteroatoms. The van der Waals surface area contributed by atoms with Gasteiger partial charge < -0.3 is 20.3 Å². The molecule has 1 fully saturated rings. The summed E-state index contributed by atoms with van der Waals surface area (Å²) in [6, 6.07) is 4.64. The Morgan fingerprint density at radius 2 is 1.94 bits per heavy atom. The summed E-state index contributed by atoms with van der Waals surface area (Å²) in [6.45, 7) is 12.5. The Labute approximate surface area is 187 Å². The normalized spacial score (nSPS) is 18.6. The van der Waals surface area contributed by atoms with E-state index in [9.17, 15) is 4.79 Å². The summed E-state index contributed by atoms with van der Waals surface area (Å²) >= 11 is 0. The summed E-state index contributed by atoms with van der Waals surface area (Å²) in [7, 11) is 2.14. The van der Waals surface area contributed by atoms with Crippen LogP contribution in [0.1, 0.15) is 61.5 Å². The molecule has 1 aromatic rings. The van der Waals surface area contributed by atoms with E-state index in [2.05, 4.69) is 75.4 Å². The van der Waals surface area contributed by atoms with Crippen LogP contribution in [0.3, 0.4) is 0 Å². The van der Waals surface area contributed by atoms with Crippen molar-refractivity contribution in [1.82, 2.24) is 10.6 Å². The van der Waals surface area contributed by atoms with Gasteiger partial charge in [0.2, 0.25) is 0 Å². The monoisotopic (exact) mass is 423 g/mol. The van der Waals surface area contributed by atoms with E-state index in [0.717, 1.165) is 71.8 Å². The summed E-state index contributed by atoms with van der Waals surface area (Å²) in [5.41, 5.74) is 8.58. The Morgan fingerprint density at radius 3 is 2.61 bits per heavy atom. The fourth-order valence-corrected chi connectivity index (χ4v) is 4.54. The van der Waals surface area contributed by atoms with Gasteiger partial charge in [-0.05, 0) is 87.4 Å². The van der Waals surface area contributed by atoms with Gasteiger partial charge in [0.15, 0.2) is 0 Å². The van der Waals surface area contributed by atoms with Crippen LogP contribution in [0.5, 0.6) is 0 Å². The molecule has 1 amide bonds. The number of rotatable bonds is 6. The number of nitrogens with zero attached hydrogens (tertiary/aromatic N) is 1. The average Bonchev–Trinajstić information content (AvgIpc) is 2.74. The Balaban J connectivity index is 1.81. The maximum atomic E-state index is 13.2. The molecule has 0 radical (unpaired) electrons. The Kier molecular flexibility index (Phi) is 7.60. The van der Waals surface area contributed by atoms with Gasteiger partial charge in [0, 0.05) is 55.5 Å². The smallest absolute Gasteiger partial charge is 0.251 e. The minimum absolute atomic E-state index is 0.0229. The van der Waals surface area contributed by atoms with Crippen LogP contribution in [0.2, 0.25) is 0 Å². The number of carbonyl (C=O) groups excluding carboxylic acids is 1. The number of anilines is 1. The zero-order valence-electron chi connectivity index (χ0n) is 19.9. The van der Waals surface area contributed by atoms with Crippen molar-refractivity contribution in [2.24, 2.45) is 0 Å². The summed E-state index contributed by atoms with van der Waals surface area (Å²) in [5, 5.41) is 6.61. The quantitative estimate of drug-likeness (QED) is 0.692. The molecular formula is C26H37N3O2. The van der Waals surface area contributed by atoms with Crippen molar-refractivity contribution in [2.45, 2.75) is 59.9 Å². The van der Waals surface area contributed by atoms with E-state index in [1.807, 2.05) is 6.07 Å². The average molecular weight is 424 g/mol. The SMILES string of the molecule is CC/C=C1\NC(C)=CC(C)=C1CNC(=O)c1cc(C)cc(N(C)C2CCOCC2)c1C. The lowest BCUT2D eigenvalue weighted by atomic mass is 9.98. The highest BCUT2D eigenvalue weighted by Gasteiger charge is 2.23. The number of nitrogens with one attached hydrogen (secondary N) is 2. The molecule has 0 aromatic heterocycles. The number of ether oxygens (including phenoxy) is 1. The molecule has 1 aromatic carbocycles. The van der Waals surface area contributed by atoms with Crippen LogP contribution in [-0.4, -0.2) is 38.8 Å². The van der Waals surface area contributed by atoms with Crippen molar-refractivity contribution >= 4 is 11.6 Å². The van der Waals surface area contributed by atoms with Gasteiger partial charge in [-0.3, -0.25) is 4.79 Å². The topological polar surface area (TPSA) is 53.6 Å².